The van der Waals surface area contributed by atoms with E-state index in [1.165, 1.54) is 4.90 Å². The molecule has 0 spiro atoms. The Morgan fingerprint density at radius 1 is 1.36 bits per heavy atom. The molecule has 7 heteroatoms. The van der Waals surface area contributed by atoms with E-state index in [1.54, 1.807) is 0 Å². The number of aryl methyl sites for hydroxylation is 2. The van der Waals surface area contributed by atoms with Gasteiger partial charge in [0.05, 0.1) is 11.7 Å². The average molecular weight is 308 g/mol. The number of hydrogen-bond donors (Lipinski definition) is 1. The number of aliphatic carboxylic acids is 1. The fraction of sp³-hybridized carbons (Fsp3) is 0.667. The van der Waals surface area contributed by atoms with E-state index in [1.807, 2.05) is 25.5 Å². The van der Waals surface area contributed by atoms with E-state index >= 15 is 0 Å². The van der Waals surface area contributed by atoms with Crippen molar-refractivity contribution in [3.8, 4) is 0 Å². The first-order chi connectivity index (χ1) is 10.3. The Morgan fingerprint density at radius 3 is 2.59 bits per heavy atom. The number of nitrogens with zero attached hydrogens (tertiary/aromatic N) is 4. The molecule has 1 aromatic rings. The maximum atomic E-state index is 12.3. The summed E-state index contributed by atoms with van der Waals surface area (Å²) in [6.07, 6.45) is 0. The number of aromatic nitrogens is 2. The van der Waals surface area contributed by atoms with Crippen molar-refractivity contribution in [2.45, 2.75) is 46.8 Å². The third-order valence-electron chi connectivity index (χ3n) is 4.39. The second kappa shape index (κ2) is 6.48. The number of hydrogen-bond acceptors (Lipinski definition) is 4. The highest BCUT2D eigenvalue weighted by molar-refractivity contribution is 5.85. The number of carboxylic acid groups (broad SMARTS) is 1. The van der Waals surface area contributed by atoms with Gasteiger partial charge in [0.15, 0.2) is 0 Å². The molecule has 0 unspecified atom stereocenters. The summed E-state index contributed by atoms with van der Waals surface area (Å²) in [5.74, 6) is -1.09. The van der Waals surface area contributed by atoms with Gasteiger partial charge in [0.1, 0.15) is 6.54 Å². The van der Waals surface area contributed by atoms with Gasteiger partial charge in [0.25, 0.3) is 0 Å². The highest BCUT2D eigenvalue weighted by atomic mass is 16.4. The molecule has 22 heavy (non-hydrogen) atoms. The number of rotatable bonds is 5. The molecule has 1 saturated heterocycles. The Kier molecular flexibility index (Phi) is 4.85. The van der Waals surface area contributed by atoms with Crippen LogP contribution < -0.4 is 0 Å². The monoisotopic (exact) mass is 308 g/mol. The first-order valence-corrected chi connectivity index (χ1v) is 7.62. The summed E-state index contributed by atoms with van der Waals surface area (Å²) < 4.78 is 1.97. The topological polar surface area (TPSA) is 78.7 Å². The number of piperazine rings is 1. The fourth-order valence-electron chi connectivity index (χ4n) is 2.98. The van der Waals surface area contributed by atoms with Gasteiger partial charge in [-0.2, -0.15) is 5.10 Å². The molecule has 1 aromatic heterocycles. The third-order valence-corrected chi connectivity index (χ3v) is 4.39. The van der Waals surface area contributed by atoms with Crippen molar-refractivity contribution in [3.63, 3.8) is 0 Å². The van der Waals surface area contributed by atoms with Gasteiger partial charge in [-0.05, 0) is 27.7 Å². The second-order valence-corrected chi connectivity index (χ2v) is 5.77. The van der Waals surface area contributed by atoms with Crippen molar-refractivity contribution in [1.82, 2.24) is 19.6 Å². The van der Waals surface area contributed by atoms with Gasteiger partial charge in [0, 0.05) is 37.4 Å². The Hall–Kier alpha value is -1.89. The molecule has 0 aromatic carbocycles. The van der Waals surface area contributed by atoms with Crippen LogP contribution in [0.3, 0.4) is 0 Å². The number of amides is 1. The Morgan fingerprint density at radius 2 is 2.05 bits per heavy atom. The standard InChI is InChI=1S/C15H24N4O3/c1-5-19-11(3)13(10(2)16-19)8-17-6-7-18(9-14(20)21)15(22)12(17)4/h12H,5-9H2,1-4H3,(H,20,21)/t12-/m0/s1. The third kappa shape index (κ3) is 3.14. The van der Waals surface area contributed by atoms with E-state index in [0.29, 0.717) is 19.6 Å². The van der Waals surface area contributed by atoms with Crippen LogP contribution in [0.4, 0.5) is 0 Å². The zero-order valence-electron chi connectivity index (χ0n) is 13.7. The quantitative estimate of drug-likeness (QED) is 0.863. The lowest BCUT2D eigenvalue weighted by Gasteiger charge is -2.38. The molecule has 0 bridgehead atoms. The molecule has 1 aliphatic heterocycles. The average Bonchev–Trinajstić information content (AvgIpc) is 2.73. The minimum absolute atomic E-state index is 0.119. The predicted molar refractivity (Wildman–Crippen MR) is 81.5 cm³/mol. The van der Waals surface area contributed by atoms with Gasteiger partial charge >= 0.3 is 5.97 Å². The van der Waals surface area contributed by atoms with Gasteiger partial charge in [-0.25, -0.2) is 0 Å². The van der Waals surface area contributed by atoms with Crippen LogP contribution in [0.25, 0.3) is 0 Å². The summed E-state index contributed by atoms with van der Waals surface area (Å²) in [4.78, 5) is 26.6. The fourth-order valence-corrected chi connectivity index (χ4v) is 2.98. The molecule has 7 nitrogen and oxygen atoms in total. The van der Waals surface area contributed by atoms with E-state index in [-0.39, 0.29) is 18.5 Å². The van der Waals surface area contributed by atoms with Crippen LogP contribution >= 0.6 is 0 Å². The number of carbonyl (C=O) groups excluding carboxylic acids is 1. The van der Waals surface area contributed by atoms with Gasteiger partial charge in [0.2, 0.25) is 5.91 Å². The lowest BCUT2D eigenvalue weighted by Crippen LogP contribution is -2.56. The minimum atomic E-state index is -0.968. The molecule has 0 saturated carbocycles. The van der Waals surface area contributed by atoms with Crippen molar-refractivity contribution in [2.75, 3.05) is 19.6 Å². The van der Waals surface area contributed by atoms with Crippen molar-refractivity contribution in [1.29, 1.82) is 0 Å². The molecule has 2 rings (SSSR count). The smallest absolute Gasteiger partial charge is 0.323 e. The predicted octanol–water partition coefficient (Wildman–Crippen LogP) is 0.637. The Labute approximate surface area is 130 Å². The Balaban J connectivity index is 2.11. The first-order valence-electron chi connectivity index (χ1n) is 7.62. The summed E-state index contributed by atoms with van der Waals surface area (Å²) in [7, 11) is 0. The first kappa shape index (κ1) is 16.5. The van der Waals surface area contributed by atoms with E-state index in [2.05, 4.69) is 16.9 Å². The second-order valence-electron chi connectivity index (χ2n) is 5.77. The van der Waals surface area contributed by atoms with Crippen molar-refractivity contribution < 1.29 is 14.7 Å². The summed E-state index contributed by atoms with van der Waals surface area (Å²) in [6.45, 7) is 10.3. The molecule has 0 radical (unpaired) electrons. The molecular formula is C15H24N4O3. The van der Waals surface area contributed by atoms with Crippen LogP contribution in [-0.2, 0) is 22.7 Å². The SMILES string of the molecule is CCn1nc(C)c(CN2CCN(CC(=O)O)C(=O)[C@@H]2C)c1C. The minimum Gasteiger partial charge on any atom is -0.480 e. The van der Waals surface area contributed by atoms with Gasteiger partial charge in [-0.15, -0.1) is 0 Å². The Bertz CT molecular complexity index is 582. The maximum Gasteiger partial charge on any atom is 0.323 e. The summed E-state index contributed by atoms with van der Waals surface area (Å²) in [5.41, 5.74) is 3.28. The largest absolute Gasteiger partial charge is 0.480 e. The highest BCUT2D eigenvalue weighted by Crippen LogP contribution is 2.20. The number of carboxylic acids is 1. The highest BCUT2D eigenvalue weighted by Gasteiger charge is 2.33. The molecule has 0 aliphatic carbocycles. The van der Waals surface area contributed by atoms with Crippen LogP contribution in [0.5, 0.6) is 0 Å². The van der Waals surface area contributed by atoms with E-state index < -0.39 is 5.97 Å². The van der Waals surface area contributed by atoms with Crippen LogP contribution in [-0.4, -0.2) is 62.2 Å². The van der Waals surface area contributed by atoms with Gasteiger partial charge in [-0.3, -0.25) is 19.2 Å². The van der Waals surface area contributed by atoms with Crippen LogP contribution in [0.2, 0.25) is 0 Å². The molecule has 1 aliphatic rings. The summed E-state index contributed by atoms with van der Waals surface area (Å²) >= 11 is 0. The molecule has 1 N–H and O–H groups in total. The van der Waals surface area contributed by atoms with E-state index in [9.17, 15) is 9.59 Å². The number of carbonyl (C=O) groups is 2. The summed E-state index contributed by atoms with van der Waals surface area (Å²) in [5, 5.41) is 13.4. The molecule has 2 heterocycles. The lowest BCUT2D eigenvalue weighted by atomic mass is 10.1. The molecular weight excluding hydrogens is 284 g/mol. The molecule has 1 amide bonds. The molecule has 1 fully saturated rings. The van der Waals surface area contributed by atoms with Gasteiger partial charge in [-0.1, -0.05) is 0 Å². The van der Waals surface area contributed by atoms with Crippen LogP contribution in [0, 0.1) is 13.8 Å². The van der Waals surface area contributed by atoms with Crippen LogP contribution in [0.15, 0.2) is 0 Å². The zero-order chi connectivity index (χ0) is 16.4. The molecule has 122 valence electrons. The van der Waals surface area contributed by atoms with Gasteiger partial charge < -0.3 is 10.0 Å². The molecule has 1 atom stereocenters. The van der Waals surface area contributed by atoms with Crippen molar-refractivity contribution in [3.05, 3.63) is 17.0 Å². The van der Waals surface area contributed by atoms with Crippen molar-refractivity contribution >= 4 is 11.9 Å². The van der Waals surface area contributed by atoms with Crippen molar-refractivity contribution in [2.24, 2.45) is 0 Å². The summed E-state index contributed by atoms with van der Waals surface area (Å²) in [6, 6.07) is -0.308. The van der Waals surface area contributed by atoms with E-state index in [4.69, 9.17) is 5.11 Å². The van der Waals surface area contributed by atoms with Crippen LogP contribution in [0.1, 0.15) is 30.8 Å². The van der Waals surface area contributed by atoms with E-state index in [0.717, 1.165) is 23.5 Å². The lowest BCUT2D eigenvalue weighted by molar-refractivity contribution is -0.150. The zero-order valence-corrected chi connectivity index (χ0v) is 13.7. The maximum absolute atomic E-state index is 12.3. The normalized spacial score (nSPS) is 19.7.